The molecule has 1 atom stereocenters. The molecule has 6 nitrogen and oxygen atoms in total. The highest BCUT2D eigenvalue weighted by atomic mass is 16.6. The number of nitrogens with zero attached hydrogens (tertiary/aromatic N) is 2. The van der Waals surface area contributed by atoms with Gasteiger partial charge in [-0.3, -0.25) is 9.69 Å². The molecule has 0 aromatic heterocycles. The van der Waals surface area contributed by atoms with E-state index in [0.717, 1.165) is 25.9 Å². The van der Waals surface area contributed by atoms with Gasteiger partial charge in [-0.25, -0.2) is 4.79 Å². The van der Waals surface area contributed by atoms with Crippen LogP contribution in [0.25, 0.3) is 0 Å². The molecule has 0 radical (unpaired) electrons. The lowest BCUT2D eigenvalue weighted by atomic mass is 10.1. The summed E-state index contributed by atoms with van der Waals surface area (Å²) in [7, 11) is 0. The van der Waals surface area contributed by atoms with Gasteiger partial charge in [0.15, 0.2) is 0 Å². The Hall–Kier alpha value is -1.30. The molecule has 6 heteroatoms. The smallest absolute Gasteiger partial charge is 0.410 e. The van der Waals surface area contributed by atoms with E-state index in [1.165, 1.54) is 4.90 Å². The molecule has 1 unspecified atom stereocenters. The SMILES string of the molecule is CCN(CC1CCCCO1)C(=O)CN1CCOC1=O. The fourth-order valence-electron chi connectivity index (χ4n) is 2.44. The maximum Gasteiger partial charge on any atom is 0.410 e. The van der Waals surface area contributed by atoms with Gasteiger partial charge in [-0.1, -0.05) is 0 Å². The second-order valence-corrected chi connectivity index (χ2v) is 4.96. The van der Waals surface area contributed by atoms with Crippen molar-refractivity contribution in [3.63, 3.8) is 0 Å². The molecule has 0 aliphatic carbocycles. The minimum absolute atomic E-state index is 0.0319. The van der Waals surface area contributed by atoms with Crippen LogP contribution in [0.1, 0.15) is 26.2 Å². The highest BCUT2D eigenvalue weighted by molar-refractivity contribution is 5.82. The number of carbonyl (C=O) groups excluding carboxylic acids is 2. The number of hydrogen-bond acceptors (Lipinski definition) is 4. The summed E-state index contributed by atoms with van der Waals surface area (Å²) >= 11 is 0. The molecule has 2 saturated heterocycles. The average molecular weight is 270 g/mol. The molecule has 0 aromatic carbocycles. The van der Waals surface area contributed by atoms with Gasteiger partial charge >= 0.3 is 6.09 Å². The topological polar surface area (TPSA) is 59.1 Å². The molecule has 2 amide bonds. The van der Waals surface area contributed by atoms with Gasteiger partial charge in [0.2, 0.25) is 5.91 Å². The van der Waals surface area contributed by atoms with Crippen molar-refractivity contribution in [1.82, 2.24) is 9.80 Å². The number of carbonyl (C=O) groups is 2. The zero-order chi connectivity index (χ0) is 13.7. The van der Waals surface area contributed by atoms with E-state index in [2.05, 4.69) is 0 Å². The molecule has 0 bridgehead atoms. The summed E-state index contributed by atoms with van der Waals surface area (Å²) in [6.07, 6.45) is 3.03. The third-order valence-electron chi connectivity index (χ3n) is 3.60. The van der Waals surface area contributed by atoms with Gasteiger partial charge in [0.1, 0.15) is 13.2 Å². The number of cyclic esters (lactones) is 1. The fraction of sp³-hybridized carbons (Fsp3) is 0.846. The van der Waals surface area contributed by atoms with Crippen LogP contribution in [-0.4, -0.2) is 67.3 Å². The highest BCUT2D eigenvalue weighted by Crippen LogP contribution is 2.14. The van der Waals surface area contributed by atoms with Crippen LogP contribution in [0, 0.1) is 0 Å². The predicted octanol–water partition coefficient (Wildman–Crippen LogP) is 0.856. The van der Waals surface area contributed by atoms with Crippen molar-refractivity contribution in [2.24, 2.45) is 0 Å². The standard InChI is InChI=1S/C13H22N2O4/c1-2-14(9-11-5-3-4-7-18-11)12(16)10-15-6-8-19-13(15)17/h11H,2-10H2,1H3. The molecule has 2 fully saturated rings. The highest BCUT2D eigenvalue weighted by Gasteiger charge is 2.27. The van der Waals surface area contributed by atoms with E-state index in [-0.39, 0.29) is 18.6 Å². The number of amides is 2. The van der Waals surface area contributed by atoms with Crippen LogP contribution in [0.5, 0.6) is 0 Å². The molecule has 19 heavy (non-hydrogen) atoms. The van der Waals surface area contributed by atoms with E-state index in [4.69, 9.17) is 9.47 Å². The molecule has 0 spiro atoms. The molecule has 2 aliphatic rings. The van der Waals surface area contributed by atoms with Gasteiger partial charge in [-0.15, -0.1) is 0 Å². The van der Waals surface area contributed by atoms with Crippen molar-refractivity contribution in [1.29, 1.82) is 0 Å². The Morgan fingerprint density at radius 3 is 2.84 bits per heavy atom. The molecular weight excluding hydrogens is 248 g/mol. The van der Waals surface area contributed by atoms with Gasteiger partial charge < -0.3 is 14.4 Å². The third-order valence-corrected chi connectivity index (χ3v) is 3.60. The lowest BCUT2D eigenvalue weighted by Crippen LogP contribution is -2.44. The first-order valence-corrected chi connectivity index (χ1v) is 7.01. The van der Waals surface area contributed by atoms with Crippen molar-refractivity contribution >= 4 is 12.0 Å². The predicted molar refractivity (Wildman–Crippen MR) is 68.8 cm³/mol. The van der Waals surface area contributed by atoms with E-state index in [1.807, 2.05) is 6.92 Å². The van der Waals surface area contributed by atoms with E-state index >= 15 is 0 Å². The van der Waals surface area contributed by atoms with Gasteiger partial charge in [0.25, 0.3) is 0 Å². The fourth-order valence-corrected chi connectivity index (χ4v) is 2.44. The van der Waals surface area contributed by atoms with Crippen LogP contribution in [0.2, 0.25) is 0 Å². The molecule has 0 aromatic rings. The largest absolute Gasteiger partial charge is 0.448 e. The van der Waals surface area contributed by atoms with Crippen LogP contribution >= 0.6 is 0 Å². The van der Waals surface area contributed by atoms with Crippen molar-refractivity contribution in [3.05, 3.63) is 0 Å². The van der Waals surface area contributed by atoms with Crippen LogP contribution in [-0.2, 0) is 14.3 Å². The Kier molecular flexibility index (Phi) is 5.01. The zero-order valence-electron chi connectivity index (χ0n) is 11.5. The minimum atomic E-state index is -0.390. The number of rotatable bonds is 5. The summed E-state index contributed by atoms with van der Waals surface area (Å²) in [5.41, 5.74) is 0. The summed E-state index contributed by atoms with van der Waals surface area (Å²) in [6, 6.07) is 0. The summed E-state index contributed by atoms with van der Waals surface area (Å²) in [5.74, 6) is -0.0319. The maximum atomic E-state index is 12.2. The van der Waals surface area contributed by atoms with Crippen LogP contribution in [0.3, 0.4) is 0 Å². The lowest BCUT2D eigenvalue weighted by Gasteiger charge is -2.30. The molecule has 2 rings (SSSR count). The normalized spacial score (nSPS) is 23.3. The molecule has 108 valence electrons. The molecule has 2 heterocycles. The van der Waals surface area contributed by atoms with Gasteiger partial charge in [-0.05, 0) is 26.2 Å². The van der Waals surface area contributed by atoms with Crippen molar-refractivity contribution in [2.45, 2.75) is 32.3 Å². The first kappa shape index (κ1) is 14.1. The average Bonchev–Trinajstić information content (AvgIpc) is 2.82. The monoisotopic (exact) mass is 270 g/mol. The second kappa shape index (κ2) is 6.75. The summed E-state index contributed by atoms with van der Waals surface area (Å²) < 4.78 is 10.5. The Labute approximate surface area is 113 Å². The Morgan fingerprint density at radius 1 is 1.42 bits per heavy atom. The molecule has 2 aliphatic heterocycles. The van der Waals surface area contributed by atoms with Crippen LogP contribution in [0.15, 0.2) is 0 Å². The lowest BCUT2D eigenvalue weighted by molar-refractivity contribution is -0.134. The Balaban J connectivity index is 1.82. The quantitative estimate of drug-likeness (QED) is 0.743. The number of ether oxygens (including phenoxy) is 2. The van der Waals surface area contributed by atoms with E-state index < -0.39 is 6.09 Å². The molecule has 0 N–H and O–H groups in total. The number of hydrogen-bond donors (Lipinski definition) is 0. The molecule has 0 saturated carbocycles. The van der Waals surface area contributed by atoms with Crippen LogP contribution in [0.4, 0.5) is 4.79 Å². The van der Waals surface area contributed by atoms with E-state index in [9.17, 15) is 9.59 Å². The van der Waals surface area contributed by atoms with Crippen LogP contribution < -0.4 is 0 Å². The van der Waals surface area contributed by atoms with E-state index in [1.54, 1.807) is 4.90 Å². The van der Waals surface area contributed by atoms with Crippen molar-refractivity contribution < 1.29 is 19.1 Å². The minimum Gasteiger partial charge on any atom is -0.448 e. The van der Waals surface area contributed by atoms with Crippen molar-refractivity contribution in [3.8, 4) is 0 Å². The van der Waals surface area contributed by atoms with Gasteiger partial charge in [0, 0.05) is 19.7 Å². The van der Waals surface area contributed by atoms with Gasteiger partial charge in [0.05, 0.1) is 12.6 Å². The third kappa shape index (κ3) is 3.83. The number of likely N-dealkylation sites (N-methyl/N-ethyl adjacent to an activating group) is 1. The Bertz CT molecular complexity index is 329. The Morgan fingerprint density at radius 2 is 2.26 bits per heavy atom. The summed E-state index contributed by atoms with van der Waals surface area (Å²) in [4.78, 5) is 26.7. The summed E-state index contributed by atoms with van der Waals surface area (Å²) in [6.45, 7) is 4.99. The first-order valence-electron chi connectivity index (χ1n) is 7.01. The van der Waals surface area contributed by atoms with Crippen molar-refractivity contribution in [2.75, 3.05) is 39.4 Å². The first-order chi connectivity index (χ1) is 9.20. The van der Waals surface area contributed by atoms with Gasteiger partial charge in [-0.2, -0.15) is 0 Å². The molecular formula is C13H22N2O4. The second-order valence-electron chi connectivity index (χ2n) is 4.96. The zero-order valence-corrected chi connectivity index (χ0v) is 11.5. The summed E-state index contributed by atoms with van der Waals surface area (Å²) in [5, 5.41) is 0. The van der Waals surface area contributed by atoms with E-state index in [0.29, 0.717) is 26.2 Å². The maximum absolute atomic E-state index is 12.2.